The lowest BCUT2D eigenvalue weighted by Crippen LogP contribution is -2.08. The lowest BCUT2D eigenvalue weighted by Gasteiger charge is -1.97. The van der Waals surface area contributed by atoms with Gasteiger partial charge in [0.05, 0.1) is 13.7 Å². The van der Waals surface area contributed by atoms with Gasteiger partial charge in [-0.1, -0.05) is 0 Å². The number of hydrogen-bond donors (Lipinski definition) is 0. The third kappa shape index (κ3) is 2.32. The van der Waals surface area contributed by atoms with E-state index in [4.69, 9.17) is 4.74 Å². The van der Waals surface area contributed by atoms with Crippen LogP contribution in [0.15, 0.2) is 0 Å². The average molecular weight is 132 g/mol. The molecule has 1 fully saturated rings. The first kappa shape index (κ1) is 6.35. The summed E-state index contributed by atoms with van der Waals surface area (Å²) in [7, 11) is 1.27. The van der Waals surface area contributed by atoms with E-state index < -0.39 is 6.16 Å². The molecule has 0 spiro atoms. The fraction of sp³-hybridized carbons (Fsp3) is 0.800. The molecule has 0 radical (unpaired) electrons. The maximum atomic E-state index is 10.2. The van der Waals surface area contributed by atoms with Gasteiger partial charge in [0.15, 0.2) is 0 Å². The van der Waals surface area contributed by atoms with Crippen LogP contribution in [0.2, 0.25) is 0 Å². The van der Waals surface area contributed by atoms with Crippen molar-refractivity contribution in [2.75, 3.05) is 20.3 Å². The van der Waals surface area contributed by atoms with Crippen LogP contribution in [0.5, 0.6) is 0 Å². The van der Waals surface area contributed by atoms with Crippen LogP contribution >= 0.6 is 0 Å². The third-order valence-electron chi connectivity index (χ3n) is 0.956. The molecule has 0 aliphatic carbocycles. The van der Waals surface area contributed by atoms with Gasteiger partial charge in [-0.25, -0.2) is 4.79 Å². The summed E-state index contributed by atoms with van der Waals surface area (Å²) in [6.45, 7) is 1.00. The van der Waals surface area contributed by atoms with Crippen LogP contribution in [0, 0.1) is 0 Å². The molecular weight excluding hydrogens is 124 g/mol. The van der Waals surface area contributed by atoms with Gasteiger partial charge in [0.1, 0.15) is 12.7 Å². The predicted molar refractivity (Wildman–Crippen MR) is 28.1 cm³/mol. The highest BCUT2D eigenvalue weighted by Gasteiger charge is 2.24. The minimum atomic E-state index is -0.648. The molecule has 52 valence electrons. The Kier molecular flexibility index (Phi) is 1.89. The first-order valence-corrected chi connectivity index (χ1v) is 2.65. The molecule has 1 saturated heterocycles. The highest BCUT2D eigenvalue weighted by atomic mass is 16.7. The van der Waals surface area contributed by atoms with E-state index in [1.807, 2.05) is 0 Å². The molecule has 0 saturated carbocycles. The number of epoxide rings is 1. The zero-order chi connectivity index (χ0) is 6.69. The number of carbonyl (C=O) groups is 1. The minimum Gasteiger partial charge on any atom is -0.438 e. The van der Waals surface area contributed by atoms with Crippen molar-refractivity contribution >= 4 is 6.16 Å². The van der Waals surface area contributed by atoms with E-state index in [0.717, 1.165) is 0 Å². The zero-order valence-electron chi connectivity index (χ0n) is 5.12. The summed E-state index contributed by atoms with van der Waals surface area (Å²) in [5.74, 6) is 0. The van der Waals surface area contributed by atoms with Gasteiger partial charge in [-0.2, -0.15) is 0 Å². The molecule has 0 aromatic carbocycles. The summed E-state index contributed by atoms with van der Waals surface area (Å²) >= 11 is 0. The lowest BCUT2D eigenvalue weighted by molar-refractivity contribution is 0.0670. The number of methoxy groups -OCH3 is 1. The van der Waals surface area contributed by atoms with E-state index in [1.54, 1.807) is 0 Å². The van der Waals surface area contributed by atoms with E-state index in [9.17, 15) is 4.79 Å². The molecular formula is C5H8O4. The van der Waals surface area contributed by atoms with Crippen molar-refractivity contribution in [3.63, 3.8) is 0 Å². The summed E-state index contributed by atoms with van der Waals surface area (Å²) in [5.41, 5.74) is 0. The molecule has 9 heavy (non-hydrogen) atoms. The topological polar surface area (TPSA) is 48.1 Å². The van der Waals surface area contributed by atoms with Crippen molar-refractivity contribution in [3.05, 3.63) is 0 Å². The Morgan fingerprint density at radius 3 is 3.00 bits per heavy atom. The van der Waals surface area contributed by atoms with Gasteiger partial charge < -0.3 is 14.2 Å². The van der Waals surface area contributed by atoms with Gasteiger partial charge >= 0.3 is 6.16 Å². The number of ether oxygens (including phenoxy) is 3. The Labute approximate surface area is 52.7 Å². The summed E-state index contributed by atoms with van der Waals surface area (Å²) in [4.78, 5) is 10.2. The summed E-state index contributed by atoms with van der Waals surface area (Å²) in [6, 6.07) is 0. The molecule has 1 atom stereocenters. The lowest BCUT2D eigenvalue weighted by atomic mass is 10.5. The molecule has 4 heteroatoms. The van der Waals surface area contributed by atoms with E-state index >= 15 is 0 Å². The summed E-state index contributed by atoms with van der Waals surface area (Å²) < 4.78 is 13.5. The standard InChI is InChI=1S/C5H8O4/c1-7-5(6)9-3-4-2-8-4/h4H,2-3H2,1H3. The zero-order valence-corrected chi connectivity index (χ0v) is 5.12. The van der Waals surface area contributed by atoms with E-state index in [-0.39, 0.29) is 6.10 Å². The van der Waals surface area contributed by atoms with Crippen LogP contribution in [-0.4, -0.2) is 32.6 Å². The SMILES string of the molecule is COC(=O)OCC1CO1. The van der Waals surface area contributed by atoms with Crippen LogP contribution in [-0.2, 0) is 14.2 Å². The Hall–Kier alpha value is -0.770. The maximum Gasteiger partial charge on any atom is 0.508 e. The Bertz CT molecular complexity index is 108. The van der Waals surface area contributed by atoms with Crippen molar-refractivity contribution in [2.45, 2.75) is 6.10 Å². The second kappa shape index (κ2) is 2.68. The minimum absolute atomic E-state index is 0.115. The first-order chi connectivity index (χ1) is 4.33. The van der Waals surface area contributed by atoms with Crippen molar-refractivity contribution in [1.29, 1.82) is 0 Å². The fourth-order valence-corrected chi connectivity index (χ4v) is 0.384. The van der Waals surface area contributed by atoms with Crippen molar-refractivity contribution in [2.24, 2.45) is 0 Å². The molecule has 1 heterocycles. The Morgan fingerprint density at radius 1 is 1.89 bits per heavy atom. The van der Waals surface area contributed by atoms with Crippen LogP contribution in [0.3, 0.4) is 0 Å². The predicted octanol–water partition coefficient (Wildman–Crippen LogP) is 0.168. The molecule has 4 nitrogen and oxygen atoms in total. The number of carbonyl (C=O) groups excluding carboxylic acids is 1. The second-order valence-electron chi connectivity index (χ2n) is 1.72. The number of hydrogen-bond acceptors (Lipinski definition) is 4. The quantitative estimate of drug-likeness (QED) is 0.397. The molecule has 0 amide bonds. The van der Waals surface area contributed by atoms with Gasteiger partial charge in [0.25, 0.3) is 0 Å². The first-order valence-electron chi connectivity index (χ1n) is 2.65. The van der Waals surface area contributed by atoms with Gasteiger partial charge in [-0.05, 0) is 0 Å². The highest BCUT2D eigenvalue weighted by molar-refractivity contribution is 5.59. The van der Waals surface area contributed by atoms with Crippen LogP contribution < -0.4 is 0 Å². The molecule has 0 N–H and O–H groups in total. The molecule has 0 aromatic heterocycles. The van der Waals surface area contributed by atoms with E-state index in [0.29, 0.717) is 13.2 Å². The molecule has 1 aliphatic heterocycles. The molecule has 1 unspecified atom stereocenters. The van der Waals surface area contributed by atoms with Crippen molar-refractivity contribution in [3.8, 4) is 0 Å². The molecule has 0 bridgehead atoms. The van der Waals surface area contributed by atoms with Crippen LogP contribution in [0.25, 0.3) is 0 Å². The van der Waals surface area contributed by atoms with Crippen molar-refractivity contribution in [1.82, 2.24) is 0 Å². The molecule has 1 rings (SSSR count). The van der Waals surface area contributed by atoms with Crippen molar-refractivity contribution < 1.29 is 19.0 Å². The monoisotopic (exact) mass is 132 g/mol. The van der Waals surface area contributed by atoms with Gasteiger partial charge in [0.2, 0.25) is 0 Å². The summed E-state index contributed by atoms with van der Waals surface area (Å²) in [6.07, 6.45) is -0.533. The van der Waals surface area contributed by atoms with Gasteiger partial charge in [-0.3, -0.25) is 0 Å². The number of rotatable bonds is 2. The average Bonchev–Trinajstić information content (AvgIpc) is 2.65. The fourth-order valence-electron chi connectivity index (χ4n) is 0.384. The van der Waals surface area contributed by atoms with Crippen LogP contribution in [0.1, 0.15) is 0 Å². The second-order valence-corrected chi connectivity index (χ2v) is 1.72. The Morgan fingerprint density at radius 2 is 2.56 bits per heavy atom. The smallest absolute Gasteiger partial charge is 0.438 e. The molecule has 0 aromatic rings. The third-order valence-corrected chi connectivity index (χ3v) is 0.956. The largest absolute Gasteiger partial charge is 0.508 e. The Balaban J connectivity index is 1.96. The van der Waals surface area contributed by atoms with E-state index in [2.05, 4.69) is 9.47 Å². The summed E-state index contributed by atoms with van der Waals surface area (Å²) in [5, 5.41) is 0. The normalized spacial score (nSPS) is 23.0. The molecule has 1 aliphatic rings. The van der Waals surface area contributed by atoms with Gasteiger partial charge in [0, 0.05) is 0 Å². The van der Waals surface area contributed by atoms with Gasteiger partial charge in [-0.15, -0.1) is 0 Å². The highest BCUT2D eigenvalue weighted by Crippen LogP contribution is 2.08. The van der Waals surface area contributed by atoms with E-state index in [1.165, 1.54) is 7.11 Å². The maximum absolute atomic E-state index is 10.2. The van der Waals surface area contributed by atoms with Crippen LogP contribution in [0.4, 0.5) is 4.79 Å².